The van der Waals surface area contributed by atoms with Crippen LogP contribution in [0.5, 0.6) is 0 Å². The van der Waals surface area contributed by atoms with E-state index in [-0.39, 0.29) is 23.8 Å². The molecule has 2 aromatic heterocycles. The number of rotatable bonds is 5. The third kappa shape index (κ3) is 3.18. The van der Waals surface area contributed by atoms with Crippen LogP contribution in [0.4, 0.5) is 0 Å². The topological polar surface area (TPSA) is 123 Å². The predicted molar refractivity (Wildman–Crippen MR) is 74.4 cm³/mol. The minimum atomic E-state index is -3.60. The highest BCUT2D eigenvalue weighted by atomic mass is 32.2. The fourth-order valence-electron chi connectivity index (χ4n) is 2.30. The van der Waals surface area contributed by atoms with E-state index in [0.29, 0.717) is 17.5 Å². The Balaban J connectivity index is 1.57. The van der Waals surface area contributed by atoms with Crippen molar-refractivity contribution < 1.29 is 17.7 Å². The second-order valence-electron chi connectivity index (χ2n) is 5.19. The van der Waals surface area contributed by atoms with Crippen LogP contribution in [0.1, 0.15) is 36.5 Å². The second-order valence-corrected chi connectivity index (χ2v) is 6.92. The van der Waals surface area contributed by atoms with Crippen molar-refractivity contribution in [2.45, 2.75) is 43.9 Å². The van der Waals surface area contributed by atoms with Gasteiger partial charge in [-0.3, -0.25) is 0 Å². The summed E-state index contributed by atoms with van der Waals surface area (Å²) in [5.74, 6) is 1.54. The maximum Gasteiger partial charge on any atom is 0.257 e. The average molecular weight is 327 g/mol. The lowest BCUT2D eigenvalue weighted by Gasteiger charge is -2.12. The molecule has 2 aromatic rings. The SMILES string of the molecule is Cc1noc([C@@H]2CC[C@H](CNS(=O)(=O)c3cnc(C)[nH]3)O2)n1. The predicted octanol–water partition coefficient (Wildman–Crippen LogP) is 0.608. The van der Waals surface area contributed by atoms with Crippen LogP contribution in [-0.2, 0) is 14.8 Å². The van der Waals surface area contributed by atoms with Crippen LogP contribution in [0.15, 0.2) is 15.7 Å². The van der Waals surface area contributed by atoms with E-state index in [0.717, 1.165) is 12.8 Å². The Labute approximate surface area is 127 Å². The summed E-state index contributed by atoms with van der Waals surface area (Å²) in [4.78, 5) is 10.7. The van der Waals surface area contributed by atoms with E-state index in [9.17, 15) is 8.42 Å². The summed E-state index contributed by atoms with van der Waals surface area (Å²) < 4.78 is 37.5. The van der Waals surface area contributed by atoms with Crippen molar-refractivity contribution >= 4 is 10.0 Å². The molecule has 1 saturated heterocycles. The first-order chi connectivity index (χ1) is 10.4. The molecule has 0 aromatic carbocycles. The van der Waals surface area contributed by atoms with Gasteiger partial charge in [-0.15, -0.1) is 0 Å². The smallest absolute Gasteiger partial charge is 0.257 e. The van der Waals surface area contributed by atoms with E-state index < -0.39 is 10.0 Å². The van der Waals surface area contributed by atoms with Crippen molar-refractivity contribution in [2.24, 2.45) is 0 Å². The Morgan fingerprint density at radius 1 is 1.41 bits per heavy atom. The highest BCUT2D eigenvalue weighted by molar-refractivity contribution is 7.89. The summed E-state index contributed by atoms with van der Waals surface area (Å²) in [5, 5.41) is 3.77. The molecule has 0 radical (unpaired) electrons. The van der Waals surface area contributed by atoms with E-state index in [4.69, 9.17) is 9.26 Å². The summed E-state index contributed by atoms with van der Waals surface area (Å²) in [6.45, 7) is 3.61. The van der Waals surface area contributed by atoms with Gasteiger partial charge in [0.05, 0.1) is 12.3 Å². The number of hydrogen-bond donors (Lipinski definition) is 2. The molecule has 1 aliphatic heterocycles. The number of H-pyrrole nitrogens is 1. The molecule has 0 bridgehead atoms. The Kier molecular flexibility index (Phi) is 3.98. The molecule has 9 nitrogen and oxygen atoms in total. The summed E-state index contributed by atoms with van der Waals surface area (Å²) in [6.07, 6.45) is 2.23. The maximum absolute atomic E-state index is 12.1. The monoisotopic (exact) mass is 327 g/mol. The Morgan fingerprint density at radius 2 is 2.23 bits per heavy atom. The van der Waals surface area contributed by atoms with E-state index in [2.05, 4.69) is 24.8 Å². The molecule has 3 heterocycles. The number of nitrogens with zero attached hydrogens (tertiary/aromatic N) is 3. The van der Waals surface area contributed by atoms with Crippen molar-refractivity contribution in [3.63, 3.8) is 0 Å². The molecule has 120 valence electrons. The van der Waals surface area contributed by atoms with Gasteiger partial charge in [-0.2, -0.15) is 4.98 Å². The first-order valence-corrected chi connectivity index (χ1v) is 8.39. The van der Waals surface area contributed by atoms with Gasteiger partial charge in [-0.05, 0) is 26.7 Å². The van der Waals surface area contributed by atoms with E-state index in [1.807, 2.05) is 0 Å². The van der Waals surface area contributed by atoms with Crippen LogP contribution in [0.25, 0.3) is 0 Å². The number of hydrogen-bond acceptors (Lipinski definition) is 7. The zero-order chi connectivity index (χ0) is 15.7. The highest BCUT2D eigenvalue weighted by Gasteiger charge is 2.31. The molecule has 1 aliphatic rings. The Bertz CT molecular complexity index is 753. The van der Waals surface area contributed by atoms with E-state index >= 15 is 0 Å². The Hall–Kier alpha value is -1.78. The number of aromatic amines is 1. The number of aromatic nitrogens is 4. The van der Waals surface area contributed by atoms with Gasteiger partial charge in [-0.25, -0.2) is 18.1 Å². The largest absolute Gasteiger partial charge is 0.364 e. The highest BCUT2D eigenvalue weighted by Crippen LogP contribution is 2.31. The summed E-state index contributed by atoms with van der Waals surface area (Å²) in [7, 11) is -3.60. The van der Waals surface area contributed by atoms with Crippen molar-refractivity contribution in [2.75, 3.05) is 6.54 Å². The maximum atomic E-state index is 12.1. The van der Waals surface area contributed by atoms with Crippen molar-refractivity contribution in [1.82, 2.24) is 24.8 Å². The lowest BCUT2D eigenvalue weighted by Crippen LogP contribution is -2.32. The zero-order valence-electron chi connectivity index (χ0n) is 12.2. The third-order valence-electron chi connectivity index (χ3n) is 3.40. The fraction of sp³-hybridized carbons (Fsp3) is 0.583. The fourth-order valence-corrected chi connectivity index (χ4v) is 3.33. The van der Waals surface area contributed by atoms with Crippen LogP contribution >= 0.6 is 0 Å². The number of aryl methyl sites for hydroxylation is 2. The van der Waals surface area contributed by atoms with Crippen LogP contribution in [0.3, 0.4) is 0 Å². The van der Waals surface area contributed by atoms with Gasteiger partial charge in [0, 0.05) is 6.54 Å². The van der Waals surface area contributed by atoms with Gasteiger partial charge >= 0.3 is 0 Å². The minimum Gasteiger partial charge on any atom is -0.364 e. The molecule has 0 spiro atoms. The first kappa shape index (κ1) is 15.1. The van der Waals surface area contributed by atoms with Crippen molar-refractivity contribution in [3.8, 4) is 0 Å². The molecule has 2 N–H and O–H groups in total. The number of imidazole rings is 1. The standard InChI is InChI=1S/C12H17N5O4S/c1-7-13-6-11(15-7)22(18,19)14-5-9-3-4-10(20-9)12-16-8(2)17-21-12/h6,9-10,14H,3-5H2,1-2H3,(H,13,15)/t9-,10+/m1/s1. The van der Waals surface area contributed by atoms with Crippen LogP contribution in [0, 0.1) is 13.8 Å². The summed E-state index contributed by atoms with van der Waals surface area (Å²) in [6, 6.07) is 0. The molecule has 3 rings (SSSR count). The number of sulfonamides is 1. The van der Waals surface area contributed by atoms with Gasteiger partial charge < -0.3 is 14.2 Å². The number of ether oxygens (including phenoxy) is 1. The molecule has 0 unspecified atom stereocenters. The van der Waals surface area contributed by atoms with Crippen LogP contribution in [0.2, 0.25) is 0 Å². The third-order valence-corrected chi connectivity index (χ3v) is 4.73. The molecule has 0 saturated carbocycles. The van der Waals surface area contributed by atoms with E-state index in [1.54, 1.807) is 13.8 Å². The zero-order valence-corrected chi connectivity index (χ0v) is 13.1. The van der Waals surface area contributed by atoms with Gasteiger partial charge in [0.2, 0.25) is 0 Å². The Morgan fingerprint density at radius 3 is 2.86 bits per heavy atom. The molecule has 0 amide bonds. The molecule has 22 heavy (non-hydrogen) atoms. The lowest BCUT2D eigenvalue weighted by atomic mass is 10.2. The molecule has 1 fully saturated rings. The van der Waals surface area contributed by atoms with Crippen molar-refractivity contribution in [1.29, 1.82) is 0 Å². The molecule has 10 heteroatoms. The quantitative estimate of drug-likeness (QED) is 0.824. The molecular formula is C12H17N5O4S. The van der Waals surface area contributed by atoms with Gasteiger partial charge in [-0.1, -0.05) is 5.16 Å². The molecule has 2 atom stereocenters. The average Bonchev–Trinajstić information content (AvgIpc) is 3.16. The van der Waals surface area contributed by atoms with Gasteiger partial charge in [0.15, 0.2) is 10.9 Å². The molecule has 0 aliphatic carbocycles. The van der Waals surface area contributed by atoms with Gasteiger partial charge in [0.1, 0.15) is 11.9 Å². The number of nitrogens with one attached hydrogen (secondary N) is 2. The van der Waals surface area contributed by atoms with E-state index in [1.165, 1.54) is 6.20 Å². The van der Waals surface area contributed by atoms with Crippen LogP contribution < -0.4 is 4.72 Å². The second kappa shape index (κ2) is 5.78. The normalized spacial score (nSPS) is 22.3. The lowest BCUT2D eigenvalue weighted by molar-refractivity contribution is 0.0290. The van der Waals surface area contributed by atoms with Gasteiger partial charge in [0.25, 0.3) is 15.9 Å². The first-order valence-electron chi connectivity index (χ1n) is 6.91. The van der Waals surface area contributed by atoms with Crippen LogP contribution in [-0.4, -0.2) is 41.2 Å². The minimum absolute atomic E-state index is 0.0482. The van der Waals surface area contributed by atoms with Crippen molar-refractivity contribution in [3.05, 3.63) is 23.7 Å². The summed E-state index contributed by atoms with van der Waals surface area (Å²) in [5.41, 5.74) is 0. The summed E-state index contributed by atoms with van der Waals surface area (Å²) >= 11 is 0. The molecular weight excluding hydrogens is 310 g/mol.